The highest BCUT2D eigenvalue weighted by Gasteiger charge is 2.36. The zero-order chi connectivity index (χ0) is 18.1. The first-order chi connectivity index (χ1) is 11.0. The zero-order valence-corrected chi connectivity index (χ0v) is 13.8. The van der Waals surface area contributed by atoms with Gasteiger partial charge in [0.25, 0.3) is 0 Å². The van der Waals surface area contributed by atoms with E-state index < -0.39 is 18.4 Å². The van der Waals surface area contributed by atoms with Crippen LogP contribution in [0.2, 0.25) is 0 Å². The van der Waals surface area contributed by atoms with E-state index in [2.05, 4.69) is 10.0 Å². The number of hydrogen-bond donors (Lipinski definition) is 2. The molecule has 3 atom stereocenters. The smallest absolute Gasteiger partial charge is 0.136 e. The van der Waals surface area contributed by atoms with Crippen molar-refractivity contribution < 1.29 is 13.4 Å². The Morgan fingerprint density at radius 3 is 2.90 bits per heavy atom. The first-order valence-corrected chi connectivity index (χ1v) is 8.34. The molecule has 1 aromatic rings. The van der Waals surface area contributed by atoms with Crippen molar-refractivity contribution in [2.45, 2.75) is 50.9 Å². The molecule has 0 radical (unpaired) electrons. The Labute approximate surface area is 135 Å². The second-order valence-corrected chi connectivity index (χ2v) is 8.40. The van der Waals surface area contributed by atoms with Gasteiger partial charge in [0.2, 0.25) is 0 Å². The molecule has 0 saturated carbocycles. The van der Waals surface area contributed by atoms with E-state index in [0.717, 1.165) is 24.1 Å². The molecule has 1 aliphatic heterocycles. The summed E-state index contributed by atoms with van der Waals surface area (Å²) in [6.07, 6.45) is 0.857. The largest absolute Gasteiger partial charge is 0.598 e. The fourth-order valence-corrected chi connectivity index (χ4v) is 3.43. The van der Waals surface area contributed by atoms with Crippen LogP contribution in [0.1, 0.15) is 48.5 Å². The predicted molar refractivity (Wildman–Crippen MR) is 87.9 cm³/mol. The van der Waals surface area contributed by atoms with E-state index in [-0.39, 0.29) is 16.8 Å². The highest BCUT2D eigenvalue weighted by Crippen LogP contribution is 2.32. The van der Waals surface area contributed by atoms with Gasteiger partial charge in [0, 0.05) is 11.4 Å². The van der Waals surface area contributed by atoms with Crippen molar-refractivity contribution in [3.8, 4) is 5.75 Å². The van der Waals surface area contributed by atoms with E-state index in [1.807, 2.05) is 33.8 Å². The first-order valence-electron chi connectivity index (χ1n) is 8.69. The standard InChI is InChI=1S/C16H26N2O2S/c1-11-12(7-6-8-14(11)20-5)15-13(9-10-17-15)18-21(19)16(2,3)4/h6-8,13,15,17-18H,9-10H2,1-5H3/t13-,15-,21-/m1/s1/i5D3. The molecule has 2 rings (SSSR count). The van der Waals surface area contributed by atoms with Crippen molar-refractivity contribution in [2.75, 3.05) is 13.6 Å². The van der Waals surface area contributed by atoms with E-state index in [1.165, 1.54) is 0 Å². The van der Waals surface area contributed by atoms with Crippen molar-refractivity contribution in [1.29, 1.82) is 0 Å². The molecule has 1 saturated heterocycles. The van der Waals surface area contributed by atoms with Crippen LogP contribution in [-0.2, 0) is 11.4 Å². The Morgan fingerprint density at radius 2 is 2.24 bits per heavy atom. The third-order valence-electron chi connectivity index (χ3n) is 3.81. The van der Waals surface area contributed by atoms with Crippen LogP contribution in [-0.4, -0.2) is 28.9 Å². The minimum atomic E-state index is -2.47. The molecule has 1 aromatic carbocycles. The third-order valence-corrected chi connectivity index (χ3v) is 5.44. The molecule has 0 unspecified atom stereocenters. The summed E-state index contributed by atoms with van der Waals surface area (Å²) < 4.78 is 42.3. The average Bonchev–Trinajstić information content (AvgIpc) is 2.86. The van der Waals surface area contributed by atoms with E-state index in [1.54, 1.807) is 12.1 Å². The number of nitrogens with one attached hydrogen (secondary N) is 2. The number of benzene rings is 1. The molecular formula is C16H26N2O2S. The van der Waals surface area contributed by atoms with E-state index >= 15 is 0 Å². The minimum absolute atomic E-state index is 0.0202. The van der Waals surface area contributed by atoms with Gasteiger partial charge in [0.05, 0.1) is 23.2 Å². The molecule has 0 bridgehead atoms. The van der Waals surface area contributed by atoms with Crippen molar-refractivity contribution >= 4 is 11.4 Å². The monoisotopic (exact) mass is 313 g/mol. The molecule has 2 N–H and O–H groups in total. The summed E-state index contributed by atoms with van der Waals surface area (Å²) in [6.45, 7) is 8.47. The van der Waals surface area contributed by atoms with Gasteiger partial charge in [0.1, 0.15) is 10.5 Å². The molecule has 21 heavy (non-hydrogen) atoms. The van der Waals surface area contributed by atoms with Gasteiger partial charge in [-0.1, -0.05) is 12.1 Å². The number of hydrogen-bond acceptors (Lipinski definition) is 4. The first kappa shape index (κ1) is 12.8. The van der Waals surface area contributed by atoms with Gasteiger partial charge >= 0.3 is 0 Å². The van der Waals surface area contributed by atoms with Crippen LogP contribution in [0.3, 0.4) is 0 Å². The van der Waals surface area contributed by atoms with Gasteiger partial charge < -0.3 is 14.6 Å². The van der Waals surface area contributed by atoms with Crippen molar-refractivity contribution in [2.24, 2.45) is 0 Å². The maximum atomic E-state index is 12.4. The Bertz CT molecular complexity index is 575. The molecule has 118 valence electrons. The zero-order valence-electron chi connectivity index (χ0n) is 16.0. The van der Waals surface area contributed by atoms with Crippen LogP contribution >= 0.6 is 0 Å². The summed E-state index contributed by atoms with van der Waals surface area (Å²) in [7, 11) is -2.47. The lowest BCUT2D eigenvalue weighted by molar-refractivity contribution is 0.409. The van der Waals surface area contributed by atoms with Crippen molar-refractivity contribution in [3.05, 3.63) is 29.3 Å². The van der Waals surface area contributed by atoms with Gasteiger partial charge in [-0.15, -0.1) is 4.72 Å². The SMILES string of the molecule is [2H]C([2H])([2H])Oc1cccc([C@H]2NCC[C@H]2N[S@+]([O-])C(C)(C)C)c1C. The summed E-state index contributed by atoms with van der Waals surface area (Å²) in [5.74, 6) is 0.358. The number of ether oxygens (including phenoxy) is 1. The normalized spacial score (nSPS) is 26.8. The minimum Gasteiger partial charge on any atom is -0.598 e. The Kier molecular flexibility index (Phi) is 3.99. The van der Waals surface area contributed by atoms with Gasteiger partial charge in [-0.05, 0) is 57.9 Å². The maximum Gasteiger partial charge on any atom is 0.136 e. The summed E-state index contributed by atoms with van der Waals surface area (Å²) >= 11 is -1.16. The summed E-state index contributed by atoms with van der Waals surface area (Å²) in [4.78, 5) is 0. The van der Waals surface area contributed by atoms with Crippen LogP contribution in [0.4, 0.5) is 0 Å². The lowest BCUT2D eigenvalue weighted by Gasteiger charge is -2.29. The Hall–Kier alpha value is -0.750. The second kappa shape index (κ2) is 6.57. The molecule has 0 spiro atoms. The number of rotatable bonds is 4. The lowest BCUT2D eigenvalue weighted by Crippen LogP contribution is -2.46. The fraction of sp³-hybridized carbons (Fsp3) is 0.625. The van der Waals surface area contributed by atoms with Crippen LogP contribution in [0.25, 0.3) is 0 Å². The van der Waals surface area contributed by atoms with E-state index in [4.69, 9.17) is 8.85 Å². The molecule has 4 nitrogen and oxygen atoms in total. The molecule has 0 aromatic heterocycles. The van der Waals surface area contributed by atoms with Crippen molar-refractivity contribution in [1.82, 2.24) is 10.0 Å². The highest BCUT2D eigenvalue weighted by molar-refractivity contribution is 7.90. The molecule has 1 aliphatic rings. The maximum absolute atomic E-state index is 12.4. The summed E-state index contributed by atoms with van der Waals surface area (Å²) in [5, 5.41) is 3.42. The second-order valence-electron chi connectivity index (χ2n) is 6.40. The van der Waals surface area contributed by atoms with E-state index in [0.29, 0.717) is 5.75 Å². The van der Waals surface area contributed by atoms with Gasteiger partial charge in [-0.25, -0.2) is 0 Å². The van der Waals surface area contributed by atoms with E-state index in [9.17, 15) is 4.55 Å². The summed E-state index contributed by atoms with van der Waals surface area (Å²) in [6, 6.07) is 5.40. The highest BCUT2D eigenvalue weighted by atomic mass is 32.2. The average molecular weight is 313 g/mol. The Morgan fingerprint density at radius 1 is 1.48 bits per heavy atom. The quantitative estimate of drug-likeness (QED) is 0.839. The van der Waals surface area contributed by atoms with Crippen LogP contribution in [0, 0.1) is 6.92 Å². The fourth-order valence-electron chi connectivity index (χ4n) is 2.55. The Balaban J connectivity index is 2.22. The molecule has 0 amide bonds. The molecule has 0 aliphatic carbocycles. The van der Waals surface area contributed by atoms with Gasteiger partial charge in [-0.2, -0.15) is 0 Å². The van der Waals surface area contributed by atoms with Crippen LogP contribution in [0.5, 0.6) is 5.75 Å². The van der Waals surface area contributed by atoms with Gasteiger partial charge in [0.15, 0.2) is 0 Å². The topological polar surface area (TPSA) is 56.3 Å². The van der Waals surface area contributed by atoms with Crippen molar-refractivity contribution in [3.63, 3.8) is 0 Å². The lowest BCUT2D eigenvalue weighted by atomic mass is 9.96. The predicted octanol–water partition coefficient (Wildman–Crippen LogP) is 2.46. The summed E-state index contributed by atoms with van der Waals surface area (Å²) in [5.41, 5.74) is 1.76. The third kappa shape index (κ3) is 3.72. The molecule has 5 heteroatoms. The number of methoxy groups -OCH3 is 1. The molecule has 1 fully saturated rings. The van der Waals surface area contributed by atoms with Gasteiger partial charge in [-0.3, -0.25) is 0 Å². The van der Waals surface area contributed by atoms with Crippen LogP contribution in [0.15, 0.2) is 18.2 Å². The molecule has 1 heterocycles. The molecular weight excluding hydrogens is 284 g/mol. The van der Waals surface area contributed by atoms with Crippen LogP contribution < -0.4 is 14.8 Å².